The largest absolute Gasteiger partial charge is 0.328 e. The Labute approximate surface area is 191 Å². The first-order valence-corrected chi connectivity index (χ1v) is 11.0. The minimum Gasteiger partial charge on any atom is -0.323 e. The third-order valence-electron chi connectivity index (χ3n) is 5.57. The number of aromatic amines is 1. The number of anilines is 1. The number of carbonyl (C=O) groups excluding carboxylic acids is 1. The Morgan fingerprint density at radius 3 is 2.36 bits per heavy atom. The van der Waals surface area contributed by atoms with Crippen molar-refractivity contribution >= 4 is 22.9 Å². The molecular weight excluding hydrogens is 421 g/mol. The van der Waals surface area contributed by atoms with E-state index in [1.165, 1.54) is 12.1 Å². The average molecular weight is 450 g/mol. The lowest BCUT2D eigenvalue weighted by molar-refractivity contribution is -0.118. The van der Waals surface area contributed by atoms with Crippen molar-refractivity contribution in [3.05, 3.63) is 58.8 Å². The first-order chi connectivity index (χ1) is 15.7. The van der Waals surface area contributed by atoms with Gasteiger partial charge in [0.15, 0.2) is 0 Å². The van der Waals surface area contributed by atoms with Gasteiger partial charge in [-0.25, -0.2) is 14.2 Å². The molecule has 2 aromatic heterocycles. The number of nitrogens with one attached hydrogen (secondary N) is 2. The van der Waals surface area contributed by atoms with Gasteiger partial charge < -0.3 is 4.98 Å². The second-order valence-corrected chi connectivity index (χ2v) is 9.01. The number of H-pyrrole nitrogens is 1. The fourth-order valence-corrected chi connectivity index (χ4v) is 3.82. The summed E-state index contributed by atoms with van der Waals surface area (Å²) in [7, 11) is 1.75. The average Bonchev–Trinajstić information content (AvgIpc) is 3.29. The molecule has 2 aromatic carbocycles. The van der Waals surface area contributed by atoms with Gasteiger partial charge in [0.05, 0.1) is 22.4 Å². The highest BCUT2D eigenvalue weighted by molar-refractivity contribution is 5.92. The Morgan fingerprint density at radius 1 is 1.06 bits per heavy atom. The van der Waals surface area contributed by atoms with Gasteiger partial charge in [0.2, 0.25) is 11.9 Å². The van der Waals surface area contributed by atoms with E-state index in [9.17, 15) is 14.0 Å². The number of imidazole rings is 2. The van der Waals surface area contributed by atoms with Crippen LogP contribution in [-0.4, -0.2) is 25.0 Å². The highest BCUT2D eigenvalue weighted by Gasteiger charge is 2.19. The zero-order chi connectivity index (χ0) is 23.9. The van der Waals surface area contributed by atoms with Crippen LogP contribution in [-0.2, 0) is 18.4 Å². The van der Waals surface area contributed by atoms with E-state index in [1.807, 2.05) is 18.2 Å². The topological polar surface area (TPSA) is 84.7 Å². The number of hydrogen-bond donors (Lipinski definition) is 2. The molecule has 0 aliphatic heterocycles. The van der Waals surface area contributed by atoms with Gasteiger partial charge in [0.25, 0.3) is 0 Å². The van der Waals surface area contributed by atoms with Gasteiger partial charge in [-0.2, -0.15) is 0 Å². The smallest absolute Gasteiger partial charge is 0.323 e. The van der Waals surface area contributed by atoms with Crippen LogP contribution in [0.25, 0.3) is 33.5 Å². The number of aryl methyl sites for hydroxylation is 1. The predicted octanol–water partition coefficient (Wildman–Crippen LogP) is 4.79. The minimum absolute atomic E-state index is 0.0680. The van der Waals surface area contributed by atoms with E-state index in [2.05, 4.69) is 29.1 Å². The molecule has 0 saturated heterocycles. The van der Waals surface area contributed by atoms with Gasteiger partial charge in [0.1, 0.15) is 5.82 Å². The van der Waals surface area contributed by atoms with Crippen LogP contribution in [0.4, 0.5) is 10.3 Å². The molecule has 33 heavy (non-hydrogen) atoms. The molecule has 0 saturated carbocycles. The molecule has 0 fully saturated rings. The monoisotopic (exact) mass is 449 g/mol. The summed E-state index contributed by atoms with van der Waals surface area (Å²) in [6.07, 6.45) is 0. The zero-order valence-electron chi connectivity index (χ0n) is 19.4. The Kier molecular flexibility index (Phi) is 5.93. The second kappa shape index (κ2) is 8.69. The Morgan fingerprint density at radius 2 is 1.73 bits per heavy atom. The standard InChI is InChI=1S/C25H28FN5O2/c1-14(2)13-31-19-11-8-17(12-20(19)30(5)25(31)33)22-21(16-6-9-18(26)10-7-16)27-24(28-22)29-23(32)15(3)4/h6-12,14-15H,13H2,1-5H3,(H2,27,28,29,32). The van der Waals surface area contributed by atoms with Crippen LogP contribution in [0.2, 0.25) is 0 Å². The highest BCUT2D eigenvalue weighted by atomic mass is 19.1. The zero-order valence-corrected chi connectivity index (χ0v) is 19.4. The summed E-state index contributed by atoms with van der Waals surface area (Å²) < 4.78 is 16.9. The quantitative estimate of drug-likeness (QED) is 0.444. The van der Waals surface area contributed by atoms with Crippen molar-refractivity contribution in [2.45, 2.75) is 34.2 Å². The van der Waals surface area contributed by atoms with Gasteiger partial charge in [-0.1, -0.05) is 33.8 Å². The molecular formula is C25H28FN5O2. The normalized spacial score (nSPS) is 11.6. The molecule has 0 aliphatic carbocycles. The van der Waals surface area contributed by atoms with Crippen LogP contribution >= 0.6 is 0 Å². The van der Waals surface area contributed by atoms with Crippen LogP contribution in [0.1, 0.15) is 27.7 Å². The van der Waals surface area contributed by atoms with Crippen LogP contribution in [0.15, 0.2) is 47.3 Å². The first kappa shape index (κ1) is 22.5. The number of rotatable bonds is 6. The van der Waals surface area contributed by atoms with Gasteiger partial charge in [-0.3, -0.25) is 19.2 Å². The van der Waals surface area contributed by atoms with E-state index in [0.717, 1.165) is 22.2 Å². The SMILES string of the molecule is CC(C)Cn1c(=O)n(C)c2cc(-c3nc(NC(=O)C(C)C)[nH]c3-c3ccc(F)cc3)ccc21. The lowest BCUT2D eigenvalue weighted by Gasteiger charge is -2.07. The summed E-state index contributed by atoms with van der Waals surface area (Å²) in [6, 6.07) is 11.8. The Hall–Kier alpha value is -3.68. The van der Waals surface area contributed by atoms with Crippen molar-refractivity contribution in [1.82, 2.24) is 19.1 Å². The molecule has 7 nitrogen and oxygen atoms in total. The number of benzene rings is 2. The summed E-state index contributed by atoms with van der Waals surface area (Å²) in [5, 5.41) is 2.80. The van der Waals surface area contributed by atoms with E-state index in [1.54, 1.807) is 42.2 Å². The Balaban J connectivity index is 1.87. The van der Waals surface area contributed by atoms with E-state index >= 15 is 0 Å². The summed E-state index contributed by atoms with van der Waals surface area (Å²) in [5.74, 6) is -0.0639. The van der Waals surface area contributed by atoms with E-state index in [0.29, 0.717) is 29.8 Å². The fourth-order valence-electron chi connectivity index (χ4n) is 3.82. The molecule has 0 spiro atoms. The lowest BCUT2D eigenvalue weighted by atomic mass is 10.0. The molecule has 0 unspecified atom stereocenters. The van der Waals surface area contributed by atoms with E-state index in [-0.39, 0.29) is 23.3 Å². The van der Waals surface area contributed by atoms with E-state index in [4.69, 9.17) is 0 Å². The molecule has 0 bridgehead atoms. The van der Waals surface area contributed by atoms with Crippen LogP contribution < -0.4 is 11.0 Å². The number of fused-ring (bicyclic) bond motifs is 1. The molecule has 8 heteroatoms. The lowest BCUT2D eigenvalue weighted by Crippen LogP contribution is -2.24. The molecule has 4 aromatic rings. The van der Waals surface area contributed by atoms with Gasteiger partial charge >= 0.3 is 5.69 Å². The Bertz CT molecular complexity index is 1380. The van der Waals surface area contributed by atoms with E-state index < -0.39 is 0 Å². The summed E-state index contributed by atoms with van der Waals surface area (Å²) in [6.45, 7) is 8.38. The number of aromatic nitrogens is 4. The minimum atomic E-state index is -0.337. The van der Waals surface area contributed by atoms with Crippen molar-refractivity contribution in [1.29, 1.82) is 0 Å². The third kappa shape index (κ3) is 4.33. The van der Waals surface area contributed by atoms with Crippen LogP contribution in [0.3, 0.4) is 0 Å². The predicted molar refractivity (Wildman–Crippen MR) is 128 cm³/mol. The van der Waals surface area contributed by atoms with Crippen molar-refractivity contribution < 1.29 is 9.18 Å². The molecule has 4 rings (SSSR count). The second-order valence-electron chi connectivity index (χ2n) is 9.01. The number of amides is 1. The maximum Gasteiger partial charge on any atom is 0.328 e. The molecule has 0 aliphatic rings. The highest BCUT2D eigenvalue weighted by Crippen LogP contribution is 2.33. The number of nitrogens with zero attached hydrogens (tertiary/aromatic N) is 3. The van der Waals surface area contributed by atoms with Crippen LogP contribution in [0.5, 0.6) is 0 Å². The van der Waals surface area contributed by atoms with Crippen molar-refractivity contribution in [2.75, 3.05) is 5.32 Å². The summed E-state index contributed by atoms with van der Waals surface area (Å²) in [4.78, 5) is 32.8. The maximum atomic E-state index is 13.5. The van der Waals surface area contributed by atoms with Crippen molar-refractivity contribution in [3.8, 4) is 22.5 Å². The summed E-state index contributed by atoms with van der Waals surface area (Å²) in [5.41, 5.74) is 4.34. The fraction of sp³-hybridized carbons (Fsp3) is 0.320. The molecule has 0 radical (unpaired) electrons. The van der Waals surface area contributed by atoms with Crippen LogP contribution in [0, 0.1) is 17.7 Å². The molecule has 172 valence electrons. The maximum absolute atomic E-state index is 13.5. The molecule has 1 amide bonds. The molecule has 2 N–H and O–H groups in total. The van der Waals surface area contributed by atoms with Gasteiger partial charge in [-0.05, 0) is 42.3 Å². The number of hydrogen-bond acceptors (Lipinski definition) is 3. The first-order valence-electron chi connectivity index (χ1n) is 11.0. The third-order valence-corrected chi connectivity index (χ3v) is 5.57. The molecule has 2 heterocycles. The van der Waals surface area contributed by atoms with Crippen molar-refractivity contribution in [2.24, 2.45) is 18.9 Å². The van der Waals surface area contributed by atoms with Crippen molar-refractivity contribution in [3.63, 3.8) is 0 Å². The number of halogens is 1. The van der Waals surface area contributed by atoms with Gasteiger partial charge in [-0.15, -0.1) is 0 Å². The molecule has 0 atom stereocenters. The summed E-state index contributed by atoms with van der Waals surface area (Å²) >= 11 is 0. The number of carbonyl (C=O) groups is 1. The van der Waals surface area contributed by atoms with Gasteiger partial charge in [0, 0.05) is 30.6 Å².